The van der Waals surface area contributed by atoms with Gasteiger partial charge in [0.05, 0.1) is 15.8 Å². The Morgan fingerprint density at radius 2 is 1.91 bits per heavy atom. The first-order valence-corrected chi connectivity index (χ1v) is 13.2. The summed E-state index contributed by atoms with van der Waals surface area (Å²) in [6.45, 7) is 4.53. The predicted octanol–water partition coefficient (Wildman–Crippen LogP) is 4.66. The maximum atomic E-state index is 13.4. The van der Waals surface area contributed by atoms with E-state index in [4.69, 9.17) is 0 Å². The van der Waals surface area contributed by atoms with Gasteiger partial charge in [-0.15, -0.1) is 22.7 Å². The molecule has 1 unspecified atom stereocenters. The smallest absolute Gasteiger partial charge is 0.331 e. The van der Waals surface area contributed by atoms with Crippen LogP contribution in [-0.4, -0.2) is 24.2 Å². The molecule has 4 heterocycles. The lowest BCUT2D eigenvalue weighted by Gasteiger charge is -2.13. The molecule has 0 aliphatic carbocycles. The summed E-state index contributed by atoms with van der Waals surface area (Å²) in [4.78, 5) is 37.0. The number of rotatable bonds is 6. The molecule has 0 spiro atoms. The number of aromatic nitrogens is 4. The highest BCUT2D eigenvalue weighted by molar-refractivity contribution is 8.01. The summed E-state index contributed by atoms with van der Waals surface area (Å²) in [5.41, 5.74) is 0.761. The van der Waals surface area contributed by atoms with Crippen LogP contribution in [0.1, 0.15) is 30.4 Å². The summed E-state index contributed by atoms with van der Waals surface area (Å²) < 4.78 is 3.57. The van der Waals surface area contributed by atoms with Gasteiger partial charge in [-0.3, -0.25) is 18.9 Å². The molecule has 0 aliphatic heterocycles. The number of aliphatic hydroxyl groups excluding tert-OH is 1. The van der Waals surface area contributed by atoms with Gasteiger partial charge in [-0.25, -0.2) is 9.78 Å². The highest BCUT2D eigenvalue weighted by Gasteiger charge is 2.28. The quantitative estimate of drug-likeness (QED) is 0.358. The topological polar surface area (TPSA) is 90.0 Å². The van der Waals surface area contributed by atoms with Crippen LogP contribution in [0.4, 0.5) is 0 Å². The van der Waals surface area contributed by atoms with Crippen molar-refractivity contribution in [2.45, 2.75) is 35.7 Å². The van der Waals surface area contributed by atoms with Crippen LogP contribution in [0.5, 0.6) is 0 Å². The second kappa shape index (κ2) is 9.10. The van der Waals surface area contributed by atoms with Crippen LogP contribution < -0.4 is 11.2 Å². The molecule has 5 aromatic rings. The molecule has 0 radical (unpaired) electrons. The Morgan fingerprint density at radius 3 is 2.65 bits per heavy atom. The van der Waals surface area contributed by atoms with Crippen molar-refractivity contribution in [3.8, 4) is 0 Å². The van der Waals surface area contributed by atoms with Crippen LogP contribution in [0.25, 0.3) is 21.1 Å². The van der Waals surface area contributed by atoms with Gasteiger partial charge in [-0.05, 0) is 23.6 Å². The summed E-state index contributed by atoms with van der Waals surface area (Å²) in [5, 5.41) is 14.8. The molecule has 0 saturated heterocycles. The number of nitrogens with zero attached hydrogens (tertiary/aromatic N) is 4. The number of aliphatic hydroxyl groups is 1. The van der Waals surface area contributed by atoms with Crippen LogP contribution in [0.3, 0.4) is 0 Å². The van der Waals surface area contributed by atoms with E-state index in [1.807, 2.05) is 43.5 Å². The van der Waals surface area contributed by atoms with Gasteiger partial charge in [0.2, 0.25) is 0 Å². The molecule has 1 N–H and O–H groups in total. The van der Waals surface area contributed by atoms with Crippen molar-refractivity contribution in [3.63, 3.8) is 0 Å². The Kier molecular flexibility index (Phi) is 6.15. The molecule has 1 atom stereocenters. The molecule has 7 nitrogen and oxygen atoms in total. The number of thiophene rings is 1. The number of fused-ring (bicyclic) bond motifs is 2. The number of benzene rings is 1. The fourth-order valence-corrected chi connectivity index (χ4v) is 7.24. The molecular formula is C24H22N4O3S3. The Hall–Kier alpha value is -2.79. The Balaban J connectivity index is 1.82. The first-order valence-electron chi connectivity index (χ1n) is 10.7. The van der Waals surface area contributed by atoms with E-state index in [9.17, 15) is 14.7 Å². The molecule has 0 aliphatic rings. The van der Waals surface area contributed by atoms with E-state index < -0.39 is 6.10 Å². The van der Waals surface area contributed by atoms with Gasteiger partial charge in [0.15, 0.2) is 4.34 Å². The second-order valence-electron chi connectivity index (χ2n) is 8.35. The molecule has 10 heteroatoms. The van der Waals surface area contributed by atoms with Crippen LogP contribution in [0.15, 0.2) is 66.9 Å². The van der Waals surface area contributed by atoms with Crippen molar-refractivity contribution < 1.29 is 5.11 Å². The Morgan fingerprint density at radius 1 is 1.12 bits per heavy atom. The summed E-state index contributed by atoms with van der Waals surface area (Å²) in [7, 11) is 1.50. The van der Waals surface area contributed by atoms with Crippen molar-refractivity contribution in [3.05, 3.63) is 79.4 Å². The second-order valence-corrected chi connectivity index (χ2v) is 11.5. The molecule has 0 saturated carbocycles. The molecule has 1 aromatic carbocycles. The van der Waals surface area contributed by atoms with Gasteiger partial charge in [0.1, 0.15) is 10.9 Å². The van der Waals surface area contributed by atoms with Gasteiger partial charge >= 0.3 is 5.69 Å². The van der Waals surface area contributed by atoms with Crippen molar-refractivity contribution in [1.82, 2.24) is 19.1 Å². The zero-order valence-electron chi connectivity index (χ0n) is 18.8. The normalized spacial score (nSPS) is 12.7. The minimum Gasteiger partial charge on any atom is -0.383 e. The summed E-state index contributed by atoms with van der Waals surface area (Å²) in [6, 6.07) is 9.44. The zero-order valence-corrected chi connectivity index (χ0v) is 21.2. The van der Waals surface area contributed by atoms with Gasteiger partial charge in [0, 0.05) is 41.6 Å². The highest BCUT2D eigenvalue weighted by Crippen LogP contribution is 2.45. The first kappa shape index (κ1) is 23.0. The van der Waals surface area contributed by atoms with Crippen LogP contribution >= 0.6 is 34.4 Å². The molecule has 5 rings (SSSR count). The molecular weight excluding hydrogens is 488 g/mol. The monoisotopic (exact) mass is 510 g/mol. The van der Waals surface area contributed by atoms with E-state index in [-0.39, 0.29) is 17.2 Å². The molecule has 0 bridgehead atoms. The fraction of sp³-hybridized carbons (Fsp3) is 0.250. The van der Waals surface area contributed by atoms with Crippen molar-refractivity contribution in [1.29, 1.82) is 0 Å². The van der Waals surface area contributed by atoms with Gasteiger partial charge in [0.25, 0.3) is 5.56 Å². The van der Waals surface area contributed by atoms with E-state index in [0.717, 1.165) is 19.8 Å². The maximum Gasteiger partial charge on any atom is 0.331 e. The SMILES string of the molecule is CC(C)Cn1c(=O)n(C)c(=O)c2c(Sc3nccs3)c(C(O)c3ccnc4ccccc34)sc21. The maximum absolute atomic E-state index is 13.4. The molecule has 34 heavy (non-hydrogen) atoms. The lowest BCUT2D eigenvalue weighted by Crippen LogP contribution is -2.38. The third-order valence-corrected chi connectivity index (χ3v) is 8.93. The van der Waals surface area contributed by atoms with Gasteiger partial charge in [-0.1, -0.05) is 43.8 Å². The molecule has 0 fully saturated rings. The van der Waals surface area contributed by atoms with Gasteiger partial charge in [-0.2, -0.15) is 0 Å². The zero-order chi connectivity index (χ0) is 24.0. The van der Waals surface area contributed by atoms with Crippen LogP contribution in [0, 0.1) is 5.92 Å². The number of hydrogen-bond donors (Lipinski definition) is 1. The lowest BCUT2D eigenvalue weighted by atomic mass is 10.0. The van der Waals surface area contributed by atoms with E-state index in [1.54, 1.807) is 23.0 Å². The average Bonchev–Trinajstić information content (AvgIpc) is 3.48. The van der Waals surface area contributed by atoms with Crippen LogP contribution in [0.2, 0.25) is 0 Å². The standard InChI is InChI=1S/C24H22N4O3S3/c1-13(2)12-28-22-17(21(30)27(3)24(28)31)19(34-23-26-10-11-32-23)20(33-22)18(29)15-8-9-25-16-7-5-4-6-14(15)16/h4-11,13,18,29H,12H2,1-3H3. The Labute approximate surface area is 207 Å². The highest BCUT2D eigenvalue weighted by atomic mass is 32.2. The molecule has 174 valence electrons. The van der Waals surface area contributed by atoms with E-state index in [1.165, 1.54) is 41.5 Å². The summed E-state index contributed by atoms with van der Waals surface area (Å²) in [6.07, 6.45) is 2.39. The van der Waals surface area contributed by atoms with Crippen molar-refractivity contribution in [2.75, 3.05) is 0 Å². The minimum atomic E-state index is -1.000. The van der Waals surface area contributed by atoms with E-state index in [2.05, 4.69) is 9.97 Å². The fourth-order valence-electron chi connectivity index (χ4n) is 3.98. The first-order chi connectivity index (χ1) is 16.4. The third kappa shape index (κ3) is 3.90. The summed E-state index contributed by atoms with van der Waals surface area (Å²) >= 11 is 4.12. The summed E-state index contributed by atoms with van der Waals surface area (Å²) in [5.74, 6) is 0.202. The van der Waals surface area contributed by atoms with E-state index in [0.29, 0.717) is 32.1 Å². The number of thiazole rings is 1. The molecule has 4 aromatic heterocycles. The number of pyridine rings is 1. The minimum absolute atomic E-state index is 0.202. The largest absolute Gasteiger partial charge is 0.383 e. The Bertz CT molecular complexity index is 1610. The number of para-hydroxylation sites is 1. The van der Waals surface area contributed by atoms with E-state index >= 15 is 0 Å². The number of hydrogen-bond acceptors (Lipinski definition) is 8. The van der Waals surface area contributed by atoms with Gasteiger partial charge < -0.3 is 5.11 Å². The van der Waals surface area contributed by atoms with Crippen molar-refractivity contribution >= 4 is 55.6 Å². The lowest BCUT2D eigenvalue weighted by molar-refractivity contribution is 0.223. The molecule has 0 amide bonds. The average molecular weight is 511 g/mol. The van der Waals surface area contributed by atoms with Crippen LogP contribution in [-0.2, 0) is 13.6 Å². The third-order valence-electron chi connectivity index (χ3n) is 5.53. The van der Waals surface area contributed by atoms with Crippen molar-refractivity contribution in [2.24, 2.45) is 13.0 Å². The predicted molar refractivity (Wildman–Crippen MR) is 138 cm³/mol.